The van der Waals surface area contributed by atoms with E-state index >= 15 is 0 Å². The van der Waals surface area contributed by atoms with Crippen LogP contribution in [0.1, 0.15) is 24.1 Å². The summed E-state index contributed by atoms with van der Waals surface area (Å²) in [7, 11) is 0. The highest BCUT2D eigenvalue weighted by Crippen LogP contribution is 2.19. The fourth-order valence-corrected chi connectivity index (χ4v) is 1.94. The highest BCUT2D eigenvalue weighted by atomic mass is 16.5. The molecule has 0 aliphatic heterocycles. The second kappa shape index (κ2) is 6.78. The molecular weight excluding hydrogens is 236 g/mol. The lowest BCUT2D eigenvalue weighted by molar-refractivity contribution is 0.307. The Morgan fingerprint density at radius 3 is 2.58 bits per heavy atom. The van der Waals surface area contributed by atoms with Crippen molar-refractivity contribution < 1.29 is 4.74 Å². The molecule has 0 aliphatic carbocycles. The fraction of sp³-hybridized carbons (Fsp3) is 0.312. The predicted octanol–water partition coefficient (Wildman–Crippen LogP) is 3.37. The van der Waals surface area contributed by atoms with Crippen LogP contribution in [0.3, 0.4) is 0 Å². The van der Waals surface area contributed by atoms with Gasteiger partial charge in [0.1, 0.15) is 0 Å². The molecule has 0 radical (unpaired) electrons. The van der Waals surface area contributed by atoms with E-state index in [9.17, 15) is 0 Å². The molecule has 3 nitrogen and oxygen atoms in total. The molecule has 100 valence electrons. The van der Waals surface area contributed by atoms with Gasteiger partial charge in [-0.25, -0.2) is 4.98 Å². The number of aryl methyl sites for hydroxylation is 2. The van der Waals surface area contributed by atoms with Crippen molar-refractivity contribution in [1.29, 1.82) is 0 Å². The number of anilines is 1. The predicted molar refractivity (Wildman–Crippen MR) is 78.3 cm³/mol. The van der Waals surface area contributed by atoms with E-state index in [2.05, 4.69) is 29.2 Å². The third kappa shape index (κ3) is 4.28. The number of nitrogens with zero attached hydrogens (tertiary/aromatic N) is 1. The quantitative estimate of drug-likeness (QED) is 0.806. The van der Waals surface area contributed by atoms with Gasteiger partial charge in [0.2, 0.25) is 0 Å². The van der Waals surface area contributed by atoms with E-state index in [1.165, 1.54) is 5.56 Å². The van der Waals surface area contributed by atoms with E-state index < -0.39 is 0 Å². The van der Waals surface area contributed by atoms with Gasteiger partial charge >= 0.3 is 0 Å². The molecule has 1 aromatic carbocycles. The normalized spacial score (nSPS) is 10.4. The molecular formula is C16H20N2O. The van der Waals surface area contributed by atoms with E-state index in [0.29, 0.717) is 18.2 Å². The summed E-state index contributed by atoms with van der Waals surface area (Å²) in [6, 6.07) is 14.3. The summed E-state index contributed by atoms with van der Waals surface area (Å²) < 4.78 is 5.64. The van der Waals surface area contributed by atoms with Gasteiger partial charge in [-0.15, -0.1) is 0 Å². The first-order chi connectivity index (χ1) is 9.25. The van der Waals surface area contributed by atoms with E-state index in [0.717, 1.165) is 25.0 Å². The van der Waals surface area contributed by atoms with Crippen molar-refractivity contribution in [2.45, 2.75) is 26.2 Å². The molecule has 0 fully saturated rings. The number of nitrogens with two attached hydrogens (primary N) is 1. The van der Waals surface area contributed by atoms with Crippen LogP contribution in [-0.2, 0) is 6.42 Å². The molecule has 0 amide bonds. The first kappa shape index (κ1) is 13.4. The van der Waals surface area contributed by atoms with Crippen LogP contribution in [0.2, 0.25) is 0 Å². The van der Waals surface area contributed by atoms with Gasteiger partial charge in [0.25, 0.3) is 0 Å². The van der Waals surface area contributed by atoms with Crippen LogP contribution >= 0.6 is 0 Å². The Labute approximate surface area is 114 Å². The maximum atomic E-state index is 5.79. The van der Waals surface area contributed by atoms with Gasteiger partial charge < -0.3 is 10.5 Å². The third-order valence-electron chi connectivity index (χ3n) is 2.99. The number of nitrogen functional groups attached to an aromatic ring is 1. The van der Waals surface area contributed by atoms with Crippen LogP contribution in [0.25, 0.3) is 0 Å². The van der Waals surface area contributed by atoms with Gasteiger partial charge in [-0.2, -0.15) is 0 Å². The van der Waals surface area contributed by atoms with Crippen molar-refractivity contribution in [3.05, 3.63) is 53.7 Å². The van der Waals surface area contributed by atoms with Gasteiger partial charge in [-0.3, -0.25) is 0 Å². The Balaban J connectivity index is 1.69. The molecule has 0 saturated heterocycles. The van der Waals surface area contributed by atoms with Crippen molar-refractivity contribution in [3.63, 3.8) is 0 Å². The standard InChI is InChI=1S/C16H20N2O/c1-13-10-11-15(16(17)18-13)19-12-6-5-9-14-7-3-2-4-8-14/h2-4,7-8,10-11H,5-6,9,12H2,1H3,(H2,17,18). The maximum Gasteiger partial charge on any atom is 0.166 e. The Bertz CT molecular complexity index is 511. The fourth-order valence-electron chi connectivity index (χ4n) is 1.94. The minimum Gasteiger partial charge on any atom is -0.490 e. The third-order valence-corrected chi connectivity index (χ3v) is 2.99. The Morgan fingerprint density at radius 2 is 1.84 bits per heavy atom. The second-order valence-electron chi connectivity index (χ2n) is 4.63. The average molecular weight is 256 g/mol. The van der Waals surface area contributed by atoms with Crippen LogP contribution in [0.5, 0.6) is 5.75 Å². The summed E-state index contributed by atoms with van der Waals surface area (Å²) in [4.78, 5) is 4.17. The van der Waals surface area contributed by atoms with E-state index in [-0.39, 0.29) is 0 Å². The molecule has 0 spiro atoms. The highest BCUT2D eigenvalue weighted by molar-refractivity contribution is 5.46. The molecule has 2 N–H and O–H groups in total. The van der Waals surface area contributed by atoms with Crippen LogP contribution < -0.4 is 10.5 Å². The van der Waals surface area contributed by atoms with Crippen LogP contribution in [0.4, 0.5) is 5.82 Å². The minimum atomic E-state index is 0.475. The summed E-state index contributed by atoms with van der Waals surface area (Å²) in [6.07, 6.45) is 3.22. The van der Waals surface area contributed by atoms with Gasteiger partial charge in [-0.05, 0) is 43.9 Å². The van der Waals surface area contributed by atoms with Gasteiger partial charge in [-0.1, -0.05) is 30.3 Å². The Morgan fingerprint density at radius 1 is 1.05 bits per heavy atom. The molecule has 19 heavy (non-hydrogen) atoms. The Kier molecular flexibility index (Phi) is 4.78. The number of benzene rings is 1. The lowest BCUT2D eigenvalue weighted by Crippen LogP contribution is -2.03. The molecule has 1 aromatic heterocycles. The minimum absolute atomic E-state index is 0.475. The monoisotopic (exact) mass is 256 g/mol. The van der Waals surface area contributed by atoms with E-state index in [1.807, 2.05) is 25.1 Å². The van der Waals surface area contributed by atoms with Crippen molar-refractivity contribution in [1.82, 2.24) is 4.98 Å². The SMILES string of the molecule is Cc1ccc(OCCCCc2ccccc2)c(N)n1. The molecule has 3 heteroatoms. The summed E-state index contributed by atoms with van der Waals surface area (Å²) in [5.41, 5.74) is 8.08. The van der Waals surface area contributed by atoms with Crippen molar-refractivity contribution in [2.75, 3.05) is 12.3 Å². The molecule has 2 aromatic rings. The second-order valence-corrected chi connectivity index (χ2v) is 4.63. The lowest BCUT2D eigenvalue weighted by Gasteiger charge is -2.08. The largest absolute Gasteiger partial charge is 0.490 e. The summed E-state index contributed by atoms with van der Waals surface area (Å²) >= 11 is 0. The zero-order valence-electron chi connectivity index (χ0n) is 11.3. The summed E-state index contributed by atoms with van der Waals surface area (Å²) in [5, 5.41) is 0. The summed E-state index contributed by atoms with van der Waals surface area (Å²) in [5.74, 6) is 1.16. The molecule has 0 aliphatic rings. The topological polar surface area (TPSA) is 48.1 Å². The molecule has 1 heterocycles. The molecule has 2 rings (SSSR count). The molecule has 0 saturated carbocycles. The number of ether oxygens (including phenoxy) is 1. The van der Waals surface area contributed by atoms with Gasteiger partial charge in [0.05, 0.1) is 6.61 Å². The number of rotatable bonds is 6. The zero-order chi connectivity index (χ0) is 13.5. The number of unbranched alkanes of at least 4 members (excludes halogenated alkanes) is 1. The Hall–Kier alpha value is -2.03. The number of pyridine rings is 1. The van der Waals surface area contributed by atoms with E-state index in [1.54, 1.807) is 0 Å². The zero-order valence-corrected chi connectivity index (χ0v) is 11.3. The molecule has 0 atom stereocenters. The number of aromatic nitrogens is 1. The first-order valence-electron chi connectivity index (χ1n) is 6.65. The van der Waals surface area contributed by atoms with Crippen molar-refractivity contribution in [2.24, 2.45) is 0 Å². The van der Waals surface area contributed by atoms with Crippen LogP contribution in [0.15, 0.2) is 42.5 Å². The van der Waals surface area contributed by atoms with Crippen LogP contribution in [0, 0.1) is 6.92 Å². The maximum absolute atomic E-state index is 5.79. The first-order valence-corrected chi connectivity index (χ1v) is 6.65. The van der Waals surface area contributed by atoms with E-state index in [4.69, 9.17) is 10.5 Å². The number of hydrogen-bond acceptors (Lipinski definition) is 3. The smallest absolute Gasteiger partial charge is 0.166 e. The molecule has 0 unspecified atom stereocenters. The van der Waals surface area contributed by atoms with Gasteiger partial charge in [0.15, 0.2) is 11.6 Å². The number of hydrogen-bond donors (Lipinski definition) is 1. The van der Waals surface area contributed by atoms with Crippen molar-refractivity contribution >= 4 is 5.82 Å². The highest BCUT2D eigenvalue weighted by Gasteiger charge is 2.01. The van der Waals surface area contributed by atoms with Crippen molar-refractivity contribution in [3.8, 4) is 5.75 Å². The average Bonchev–Trinajstić information content (AvgIpc) is 2.42. The van der Waals surface area contributed by atoms with Crippen LogP contribution in [-0.4, -0.2) is 11.6 Å². The molecule has 0 bridgehead atoms. The summed E-state index contributed by atoms with van der Waals surface area (Å²) in [6.45, 7) is 2.60. The lowest BCUT2D eigenvalue weighted by atomic mass is 10.1. The van der Waals surface area contributed by atoms with Gasteiger partial charge in [0, 0.05) is 5.69 Å².